The van der Waals surface area contributed by atoms with Crippen molar-refractivity contribution in [3.8, 4) is 5.75 Å². The molecule has 0 aliphatic carbocycles. The lowest BCUT2D eigenvalue weighted by molar-refractivity contribution is -0.130. The number of pyridine rings is 1. The summed E-state index contributed by atoms with van der Waals surface area (Å²) in [6.45, 7) is 0.477. The zero-order valence-corrected chi connectivity index (χ0v) is 12.5. The quantitative estimate of drug-likeness (QED) is 0.832. The lowest BCUT2D eigenvalue weighted by atomic mass is 10.2. The van der Waals surface area contributed by atoms with E-state index in [0.29, 0.717) is 18.1 Å². The Labute approximate surface area is 128 Å². The Morgan fingerprint density at radius 3 is 2.77 bits per heavy atom. The molecule has 116 valence electrons. The van der Waals surface area contributed by atoms with Crippen LogP contribution in [-0.2, 0) is 11.3 Å². The Morgan fingerprint density at radius 2 is 2.05 bits per heavy atom. The van der Waals surface area contributed by atoms with Crippen molar-refractivity contribution in [2.24, 2.45) is 0 Å². The molecule has 0 spiro atoms. The van der Waals surface area contributed by atoms with E-state index in [1.807, 2.05) is 18.2 Å². The van der Waals surface area contributed by atoms with Crippen molar-refractivity contribution in [2.45, 2.75) is 6.54 Å². The van der Waals surface area contributed by atoms with Crippen molar-refractivity contribution in [1.82, 2.24) is 9.88 Å². The van der Waals surface area contributed by atoms with Gasteiger partial charge in [-0.25, -0.2) is 4.98 Å². The summed E-state index contributed by atoms with van der Waals surface area (Å²) in [4.78, 5) is 16.7. The van der Waals surface area contributed by atoms with E-state index in [2.05, 4.69) is 10.3 Å². The van der Waals surface area contributed by atoms with Crippen LogP contribution in [0.4, 0.5) is 10.2 Å². The van der Waals surface area contributed by atoms with E-state index < -0.39 is 5.95 Å². The van der Waals surface area contributed by atoms with Gasteiger partial charge in [-0.2, -0.15) is 4.39 Å². The summed E-state index contributed by atoms with van der Waals surface area (Å²) in [6, 6.07) is 11.9. The van der Waals surface area contributed by atoms with Crippen molar-refractivity contribution in [1.29, 1.82) is 0 Å². The number of carbonyl (C=O) groups excluding carboxylic acids is 1. The molecule has 1 aromatic carbocycles. The topological polar surface area (TPSA) is 54.5 Å². The smallest absolute Gasteiger partial charge is 0.259 e. The molecular weight excluding hydrogens is 285 g/mol. The van der Waals surface area contributed by atoms with Crippen molar-refractivity contribution in [3.63, 3.8) is 0 Å². The second-order valence-electron chi connectivity index (χ2n) is 4.92. The average Bonchev–Trinajstić information content (AvgIpc) is 2.51. The van der Waals surface area contributed by atoms with E-state index >= 15 is 0 Å². The van der Waals surface area contributed by atoms with Gasteiger partial charge in [0.2, 0.25) is 5.95 Å². The molecule has 0 atom stereocenters. The first-order valence-corrected chi connectivity index (χ1v) is 6.83. The first kappa shape index (κ1) is 15.8. The van der Waals surface area contributed by atoms with Crippen LogP contribution in [0.3, 0.4) is 0 Å². The molecule has 1 N–H and O–H groups in total. The molecule has 0 fully saturated rings. The lowest BCUT2D eigenvalue weighted by Gasteiger charge is -2.12. The van der Waals surface area contributed by atoms with E-state index in [4.69, 9.17) is 4.74 Å². The number of nitrogens with zero attached hydrogens (tertiary/aromatic N) is 2. The van der Waals surface area contributed by atoms with Crippen LogP contribution < -0.4 is 10.1 Å². The van der Waals surface area contributed by atoms with E-state index in [-0.39, 0.29) is 12.5 Å². The molecule has 1 aromatic heterocycles. The Hall–Kier alpha value is -2.63. The molecule has 5 nitrogen and oxygen atoms in total. The summed E-state index contributed by atoms with van der Waals surface area (Å²) in [6.07, 6.45) is 0. The highest BCUT2D eigenvalue weighted by Crippen LogP contribution is 2.15. The van der Waals surface area contributed by atoms with Crippen molar-refractivity contribution < 1.29 is 13.9 Å². The summed E-state index contributed by atoms with van der Waals surface area (Å²) in [7, 11) is 3.36. The van der Waals surface area contributed by atoms with Gasteiger partial charge in [-0.1, -0.05) is 18.2 Å². The maximum absolute atomic E-state index is 13.0. The third kappa shape index (κ3) is 4.73. The number of aromatic nitrogens is 1. The molecule has 0 aliphatic heterocycles. The monoisotopic (exact) mass is 303 g/mol. The highest BCUT2D eigenvalue weighted by atomic mass is 19.1. The van der Waals surface area contributed by atoms with Gasteiger partial charge in [0.25, 0.3) is 5.91 Å². The molecular formula is C16H18FN3O2. The van der Waals surface area contributed by atoms with Gasteiger partial charge in [-0.3, -0.25) is 4.79 Å². The van der Waals surface area contributed by atoms with Gasteiger partial charge in [0.15, 0.2) is 6.61 Å². The van der Waals surface area contributed by atoms with Crippen LogP contribution >= 0.6 is 0 Å². The maximum atomic E-state index is 13.0. The molecule has 0 bridgehead atoms. The molecule has 2 aromatic rings. The minimum Gasteiger partial charge on any atom is -0.484 e. The van der Waals surface area contributed by atoms with Gasteiger partial charge < -0.3 is 15.0 Å². The fourth-order valence-electron chi connectivity index (χ4n) is 1.72. The number of benzene rings is 1. The number of nitrogens with one attached hydrogen (secondary N) is 1. The number of hydrogen-bond acceptors (Lipinski definition) is 4. The molecule has 22 heavy (non-hydrogen) atoms. The van der Waals surface area contributed by atoms with E-state index in [1.54, 1.807) is 32.3 Å². The number of carbonyl (C=O) groups is 1. The largest absolute Gasteiger partial charge is 0.484 e. The van der Waals surface area contributed by atoms with Crippen LogP contribution in [0, 0.1) is 5.95 Å². The van der Waals surface area contributed by atoms with Crippen LogP contribution in [0.2, 0.25) is 0 Å². The lowest BCUT2D eigenvalue weighted by Crippen LogP contribution is -2.27. The summed E-state index contributed by atoms with van der Waals surface area (Å²) in [5.41, 5.74) is 0.945. The van der Waals surface area contributed by atoms with Gasteiger partial charge in [0.1, 0.15) is 11.6 Å². The highest BCUT2D eigenvalue weighted by molar-refractivity contribution is 5.77. The van der Waals surface area contributed by atoms with Crippen LogP contribution in [-0.4, -0.2) is 36.5 Å². The first-order chi connectivity index (χ1) is 10.5. The Bertz CT molecular complexity index is 647. The number of anilines is 1. The fraction of sp³-hybridized carbons (Fsp3) is 0.250. The molecule has 1 amide bonds. The predicted octanol–water partition coefficient (Wildman–Crippen LogP) is 2.30. The summed E-state index contributed by atoms with van der Waals surface area (Å²) in [5.74, 6) is 0.451. The van der Waals surface area contributed by atoms with E-state index in [9.17, 15) is 9.18 Å². The van der Waals surface area contributed by atoms with Gasteiger partial charge >= 0.3 is 0 Å². The summed E-state index contributed by atoms with van der Waals surface area (Å²) >= 11 is 0. The molecule has 0 saturated heterocycles. The number of rotatable bonds is 6. The van der Waals surface area contributed by atoms with Crippen molar-refractivity contribution in [3.05, 3.63) is 54.0 Å². The van der Waals surface area contributed by atoms with Gasteiger partial charge in [0, 0.05) is 20.6 Å². The molecule has 0 unspecified atom stereocenters. The van der Waals surface area contributed by atoms with Gasteiger partial charge in [-0.15, -0.1) is 0 Å². The fourth-order valence-corrected chi connectivity index (χ4v) is 1.72. The second-order valence-corrected chi connectivity index (χ2v) is 4.92. The van der Waals surface area contributed by atoms with Crippen LogP contribution in [0.1, 0.15) is 5.56 Å². The standard InChI is InChI=1S/C16H18FN3O2/c1-20(2)16(21)11-22-13-6-3-5-12(9-13)10-18-15-8-4-7-14(17)19-15/h3-9H,10-11H2,1-2H3,(H,18,19). The summed E-state index contributed by atoms with van der Waals surface area (Å²) in [5, 5.41) is 3.03. The third-order valence-corrected chi connectivity index (χ3v) is 2.95. The molecule has 0 radical (unpaired) electrons. The Morgan fingerprint density at radius 1 is 1.27 bits per heavy atom. The van der Waals surface area contributed by atoms with Crippen LogP contribution in [0.15, 0.2) is 42.5 Å². The number of hydrogen-bond donors (Lipinski definition) is 1. The minimum atomic E-state index is -0.524. The number of ether oxygens (including phenoxy) is 1. The zero-order chi connectivity index (χ0) is 15.9. The van der Waals surface area contributed by atoms with Crippen LogP contribution in [0.25, 0.3) is 0 Å². The molecule has 1 heterocycles. The van der Waals surface area contributed by atoms with Gasteiger partial charge in [-0.05, 0) is 29.8 Å². The molecule has 0 saturated carbocycles. The third-order valence-electron chi connectivity index (χ3n) is 2.95. The van der Waals surface area contributed by atoms with Gasteiger partial charge in [0.05, 0.1) is 0 Å². The van der Waals surface area contributed by atoms with E-state index in [0.717, 1.165) is 5.56 Å². The zero-order valence-electron chi connectivity index (χ0n) is 12.5. The van der Waals surface area contributed by atoms with Crippen LogP contribution in [0.5, 0.6) is 5.75 Å². The highest BCUT2D eigenvalue weighted by Gasteiger charge is 2.05. The normalized spacial score (nSPS) is 10.1. The Kier molecular flexibility index (Phi) is 5.30. The molecule has 6 heteroatoms. The number of halogens is 1. The maximum Gasteiger partial charge on any atom is 0.259 e. The van der Waals surface area contributed by atoms with Crippen molar-refractivity contribution >= 4 is 11.7 Å². The number of amides is 1. The SMILES string of the molecule is CN(C)C(=O)COc1cccc(CNc2cccc(F)n2)c1. The second kappa shape index (κ2) is 7.40. The minimum absolute atomic E-state index is 0.00463. The molecule has 0 aliphatic rings. The van der Waals surface area contributed by atoms with E-state index in [1.165, 1.54) is 11.0 Å². The number of likely N-dealkylation sites (N-methyl/N-ethyl adjacent to an activating group) is 1. The van der Waals surface area contributed by atoms with Crippen molar-refractivity contribution in [2.75, 3.05) is 26.0 Å². The molecule has 2 rings (SSSR count). The Balaban J connectivity index is 1.92. The summed E-state index contributed by atoms with van der Waals surface area (Å²) < 4.78 is 18.4. The first-order valence-electron chi connectivity index (χ1n) is 6.83. The average molecular weight is 303 g/mol. The predicted molar refractivity (Wildman–Crippen MR) is 82.2 cm³/mol.